The minimum atomic E-state index is -0.375. The minimum absolute atomic E-state index is 0.312. The van der Waals surface area contributed by atoms with Crippen LogP contribution in [0.25, 0.3) is 0 Å². The molecule has 0 bridgehead atoms. The van der Waals surface area contributed by atoms with Gasteiger partial charge in [-0.05, 0) is 29.8 Å². The maximum Gasteiger partial charge on any atom is 0.131 e. The second-order valence-electron chi connectivity index (χ2n) is 3.88. The first kappa shape index (κ1) is 13.4. The van der Waals surface area contributed by atoms with Gasteiger partial charge < -0.3 is 10.6 Å². The molecule has 3 nitrogen and oxygen atoms in total. The summed E-state index contributed by atoms with van der Waals surface area (Å²) in [6.45, 7) is 0.312. The van der Waals surface area contributed by atoms with Crippen LogP contribution in [0.15, 0.2) is 47.6 Å². The van der Waals surface area contributed by atoms with Crippen LogP contribution < -0.4 is 10.6 Å². The van der Waals surface area contributed by atoms with E-state index < -0.39 is 0 Å². The summed E-state index contributed by atoms with van der Waals surface area (Å²) in [5.41, 5.74) is 1.56. The lowest BCUT2D eigenvalue weighted by Gasteiger charge is -2.09. The molecule has 0 aliphatic rings. The summed E-state index contributed by atoms with van der Waals surface area (Å²) in [5.74, 6) is 5.11. The highest BCUT2D eigenvalue weighted by Crippen LogP contribution is 2.20. The molecular weight excluding hydrogens is 267 g/mol. The number of hydrogen-bond donors (Lipinski definition) is 1. The molecule has 0 radical (unpaired) electrons. The first-order chi connectivity index (χ1) is 9.19. The first-order valence-electron chi connectivity index (χ1n) is 5.59. The molecule has 0 atom stereocenters. The maximum absolute atomic E-state index is 13.2. The SMILES string of the molecule is NN=Cc1ccc(F)cc1OCc1ccc(Cl)cc1. The van der Waals surface area contributed by atoms with Crippen molar-refractivity contribution in [3.8, 4) is 5.75 Å². The molecule has 2 aromatic carbocycles. The van der Waals surface area contributed by atoms with Gasteiger partial charge in [0.15, 0.2) is 0 Å². The molecule has 0 aromatic heterocycles. The Bertz CT molecular complexity index is 584. The summed E-state index contributed by atoms with van der Waals surface area (Å²) >= 11 is 5.79. The summed E-state index contributed by atoms with van der Waals surface area (Å²) in [5, 5.41) is 4.08. The third-order valence-corrected chi connectivity index (χ3v) is 2.75. The van der Waals surface area contributed by atoms with Gasteiger partial charge in [0.1, 0.15) is 18.2 Å². The van der Waals surface area contributed by atoms with Gasteiger partial charge in [0.05, 0.1) is 6.21 Å². The fraction of sp³-hybridized carbons (Fsp3) is 0.0714. The first-order valence-corrected chi connectivity index (χ1v) is 5.97. The standard InChI is InChI=1S/C14H12ClFN2O/c15-12-4-1-10(2-5-12)9-19-14-7-13(16)6-3-11(14)8-18-17/h1-8H,9,17H2. The number of rotatable bonds is 4. The molecule has 98 valence electrons. The van der Waals surface area contributed by atoms with Gasteiger partial charge in [0.2, 0.25) is 0 Å². The molecule has 5 heteroatoms. The lowest BCUT2D eigenvalue weighted by atomic mass is 10.2. The van der Waals surface area contributed by atoms with Crippen LogP contribution in [0, 0.1) is 5.82 Å². The Kier molecular flexibility index (Phi) is 4.36. The van der Waals surface area contributed by atoms with Crippen molar-refractivity contribution in [3.63, 3.8) is 0 Å². The summed E-state index contributed by atoms with van der Waals surface area (Å²) in [6, 6.07) is 11.4. The number of ether oxygens (including phenoxy) is 1. The van der Waals surface area contributed by atoms with Crippen molar-refractivity contribution in [2.45, 2.75) is 6.61 Å². The van der Waals surface area contributed by atoms with Crippen molar-refractivity contribution in [2.75, 3.05) is 0 Å². The lowest BCUT2D eigenvalue weighted by Crippen LogP contribution is -1.99. The highest BCUT2D eigenvalue weighted by atomic mass is 35.5. The van der Waals surface area contributed by atoms with Crippen molar-refractivity contribution in [1.29, 1.82) is 0 Å². The van der Waals surface area contributed by atoms with E-state index in [1.165, 1.54) is 18.3 Å². The number of nitrogens with two attached hydrogens (primary N) is 1. The number of nitrogens with zero attached hydrogens (tertiary/aromatic N) is 1. The average Bonchev–Trinajstić information content (AvgIpc) is 2.41. The Morgan fingerprint density at radius 1 is 1.21 bits per heavy atom. The van der Waals surface area contributed by atoms with Crippen molar-refractivity contribution in [1.82, 2.24) is 0 Å². The predicted molar refractivity (Wildman–Crippen MR) is 74.0 cm³/mol. The Morgan fingerprint density at radius 2 is 1.95 bits per heavy atom. The summed E-state index contributed by atoms with van der Waals surface area (Å²) in [7, 11) is 0. The normalized spacial score (nSPS) is 10.8. The van der Waals surface area contributed by atoms with E-state index in [2.05, 4.69) is 5.10 Å². The fourth-order valence-corrected chi connectivity index (χ4v) is 1.69. The van der Waals surface area contributed by atoms with Crippen molar-refractivity contribution in [3.05, 3.63) is 64.4 Å². The summed E-state index contributed by atoms with van der Waals surface area (Å²) in [6.07, 6.45) is 1.41. The zero-order valence-corrected chi connectivity index (χ0v) is 10.8. The molecule has 0 aliphatic heterocycles. The van der Waals surface area contributed by atoms with E-state index in [0.29, 0.717) is 22.9 Å². The average molecular weight is 279 g/mol. The van der Waals surface area contributed by atoms with E-state index >= 15 is 0 Å². The van der Waals surface area contributed by atoms with Gasteiger partial charge >= 0.3 is 0 Å². The predicted octanol–water partition coefficient (Wildman–Crippen LogP) is 3.35. The third kappa shape index (κ3) is 3.69. The Morgan fingerprint density at radius 3 is 2.63 bits per heavy atom. The molecule has 2 aromatic rings. The second-order valence-corrected chi connectivity index (χ2v) is 4.31. The third-order valence-electron chi connectivity index (χ3n) is 2.50. The minimum Gasteiger partial charge on any atom is -0.488 e. The zero-order valence-electron chi connectivity index (χ0n) is 10.0. The Balaban J connectivity index is 2.14. The van der Waals surface area contributed by atoms with Gasteiger partial charge in [-0.2, -0.15) is 5.10 Å². The number of hydrazone groups is 1. The smallest absolute Gasteiger partial charge is 0.131 e. The van der Waals surface area contributed by atoms with Crippen LogP contribution in [-0.2, 0) is 6.61 Å². The van der Waals surface area contributed by atoms with Gasteiger partial charge in [0, 0.05) is 16.7 Å². The molecule has 0 saturated carbocycles. The molecule has 0 heterocycles. The maximum atomic E-state index is 13.2. The van der Waals surface area contributed by atoms with Crippen molar-refractivity contribution >= 4 is 17.8 Å². The van der Waals surface area contributed by atoms with Gasteiger partial charge in [-0.3, -0.25) is 0 Å². The molecule has 0 spiro atoms. The summed E-state index contributed by atoms with van der Waals surface area (Å²) in [4.78, 5) is 0. The largest absolute Gasteiger partial charge is 0.488 e. The topological polar surface area (TPSA) is 47.6 Å². The van der Waals surface area contributed by atoms with E-state index in [4.69, 9.17) is 22.2 Å². The van der Waals surface area contributed by atoms with Crippen molar-refractivity contribution in [2.24, 2.45) is 10.9 Å². The van der Waals surface area contributed by atoms with E-state index in [1.807, 2.05) is 12.1 Å². The second kappa shape index (κ2) is 6.20. The van der Waals surface area contributed by atoms with Gasteiger partial charge in [-0.15, -0.1) is 0 Å². The molecule has 2 N–H and O–H groups in total. The summed E-state index contributed by atoms with van der Waals surface area (Å²) < 4.78 is 18.8. The molecule has 0 aliphatic carbocycles. The van der Waals surface area contributed by atoms with Crippen LogP contribution in [0.1, 0.15) is 11.1 Å². The highest BCUT2D eigenvalue weighted by Gasteiger charge is 2.04. The van der Waals surface area contributed by atoms with Crippen molar-refractivity contribution < 1.29 is 9.13 Å². The number of hydrogen-bond acceptors (Lipinski definition) is 3. The molecule has 2 rings (SSSR count). The van der Waals surface area contributed by atoms with Gasteiger partial charge in [-0.1, -0.05) is 23.7 Å². The van der Waals surface area contributed by atoms with E-state index in [0.717, 1.165) is 5.56 Å². The van der Waals surface area contributed by atoms with Crippen LogP contribution in [0.4, 0.5) is 4.39 Å². The van der Waals surface area contributed by atoms with Crippen LogP contribution in [0.2, 0.25) is 5.02 Å². The van der Waals surface area contributed by atoms with E-state index in [1.54, 1.807) is 18.2 Å². The monoisotopic (exact) mass is 278 g/mol. The van der Waals surface area contributed by atoms with Gasteiger partial charge in [0.25, 0.3) is 0 Å². The molecule has 19 heavy (non-hydrogen) atoms. The quantitative estimate of drug-likeness (QED) is 0.530. The van der Waals surface area contributed by atoms with Crippen LogP contribution in [0.5, 0.6) is 5.75 Å². The zero-order chi connectivity index (χ0) is 13.7. The van der Waals surface area contributed by atoms with Crippen LogP contribution in [0.3, 0.4) is 0 Å². The Labute approximate surface area is 115 Å². The molecule has 0 unspecified atom stereocenters. The number of halogens is 2. The Hall–Kier alpha value is -2.07. The van der Waals surface area contributed by atoms with Gasteiger partial charge in [-0.25, -0.2) is 4.39 Å². The van der Waals surface area contributed by atoms with E-state index in [-0.39, 0.29) is 5.82 Å². The molecule has 0 amide bonds. The molecule has 0 saturated heterocycles. The lowest BCUT2D eigenvalue weighted by molar-refractivity contribution is 0.304. The van der Waals surface area contributed by atoms with Crippen LogP contribution >= 0.6 is 11.6 Å². The highest BCUT2D eigenvalue weighted by molar-refractivity contribution is 6.30. The number of benzene rings is 2. The van der Waals surface area contributed by atoms with E-state index in [9.17, 15) is 4.39 Å². The molecule has 0 fully saturated rings. The van der Waals surface area contributed by atoms with Crippen LogP contribution in [-0.4, -0.2) is 6.21 Å². The fourth-order valence-electron chi connectivity index (χ4n) is 1.56. The molecular formula is C14H12ClFN2O.